The molecule has 0 saturated heterocycles. The third kappa shape index (κ3) is 1.66. The van der Waals surface area contributed by atoms with Gasteiger partial charge in [-0.3, -0.25) is 0 Å². The van der Waals surface area contributed by atoms with E-state index in [4.69, 9.17) is 11.6 Å². The van der Waals surface area contributed by atoms with Crippen LogP contribution < -0.4 is 0 Å². The molecule has 1 unspecified atom stereocenters. The van der Waals surface area contributed by atoms with Gasteiger partial charge in [0.2, 0.25) is 15.0 Å². The van der Waals surface area contributed by atoms with Gasteiger partial charge < -0.3 is 4.98 Å². The minimum Gasteiger partial charge on any atom is -0.336 e. The zero-order chi connectivity index (χ0) is 12.8. The molecule has 0 spiro atoms. The molecule has 0 fully saturated rings. The number of sulfone groups is 1. The summed E-state index contributed by atoms with van der Waals surface area (Å²) in [5.41, 5.74) is 1.75. The van der Waals surface area contributed by atoms with Crippen LogP contribution in [0.4, 0.5) is 0 Å². The Kier molecular flexibility index (Phi) is 2.68. The van der Waals surface area contributed by atoms with Crippen molar-refractivity contribution >= 4 is 21.4 Å². The molecular formula is C12H11ClN2O2S. The van der Waals surface area contributed by atoms with Crippen molar-refractivity contribution in [1.82, 2.24) is 9.97 Å². The monoisotopic (exact) mass is 282 g/mol. The number of halogens is 1. The van der Waals surface area contributed by atoms with Crippen LogP contribution in [0.1, 0.15) is 22.8 Å². The van der Waals surface area contributed by atoms with E-state index in [-0.39, 0.29) is 5.16 Å². The Bertz CT molecular complexity index is 680. The highest BCUT2D eigenvalue weighted by Gasteiger charge is 2.36. The quantitative estimate of drug-likeness (QED) is 0.920. The Labute approximate surface area is 110 Å². The van der Waals surface area contributed by atoms with Crippen LogP contribution >= 0.6 is 11.6 Å². The lowest BCUT2D eigenvalue weighted by Gasteiger charge is -2.11. The van der Waals surface area contributed by atoms with E-state index in [1.165, 1.54) is 12.4 Å². The molecule has 1 aromatic carbocycles. The molecule has 3 rings (SSSR count). The zero-order valence-electron chi connectivity index (χ0n) is 9.43. The molecule has 0 amide bonds. The maximum Gasteiger partial charge on any atom is 0.225 e. The fourth-order valence-electron chi connectivity index (χ4n) is 2.44. The molecule has 0 radical (unpaired) electrons. The number of hydrogen-bond donors (Lipinski definition) is 1. The van der Waals surface area contributed by atoms with Crippen molar-refractivity contribution in [3.8, 4) is 0 Å². The molecule has 1 N–H and O–H groups in total. The van der Waals surface area contributed by atoms with E-state index in [0.717, 1.165) is 11.1 Å². The molecule has 1 aliphatic carbocycles. The number of nitrogens with zero attached hydrogens (tertiary/aromatic N) is 1. The number of H-pyrrole nitrogens is 1. The van der Waals surface area contributed by atoms with Gasteiger partial charge >= 0.3 is 0 Å². The fourth-order valence-corrected chi connectivity index (χ4v) is 4.40. The van der Waals surface area contributed by atoms with Crippen LogP contribution in [0.5, 0.6) is 0 Å². The van der Waals surface area contributed by atoms with Gasteiger partial charge in [0, 0.05) is 17.4 Å². The Morgan fingerprint density at radius 3 is 2.94 bits per heavy atom. The highest BCUT2D eigenvalue weighted by atomic mass is 35.5. The molecule has 1 aromatic heterocycles. The Hall–Kier alpha value is -1.33. The van der Waals surface area contributed by atoms with Crippen molar-refractivity contribution in [3.05, 3.63) is 46.7 Å². The first-order valence-corrected chi connectivity index (χ1v) is 7.53. The molecule has 94 valence electrons. The summed E-state index contributed by atoms with van der Waals surface area (Å²) < 4.78 is 24.9. The van der Waals surface area contributed by atoms with Crippen LogP contribution in [0.2, 0.25) is 5.02 Å². The molecule has 0 bridgehead atoms. The van der Waals surface area contributed by atoms with Gasteiger partial charge in [-0.25, -0.2) is 13.4 Å². The lowest BCUT2D eigenvalue weighted by molar-refractivity contribution is 0.573. The van der Waals surface area contributed by atoms with Gasteiger partial charge in [0.25, 0.3) is 0 Å². The Balaban J connectivity index is 2.11. The number of fused-ring (bicyclic) bond motifs is 1. The Morgan fingerprint density at radius 1 is 1.39 bits per heavy atom. The number of nitrogens with one attached hydrogen (secondary N) is 1. The number of benzene rings is 1. The Morgan fingerprint density at radius 2 is 2.22 bits per heavy atom. The van der Waals surface area contributed by atoms with Crippen LogP contribution in [0.3, 0.4) is 0 Å². The number of aromatic nitrogens is 2. The molecule has 1 aliphatic rings. The first-order valence-electron chi connectivity index (χ1n) is 5.61. The average molecular weight is 283 g/mol. The number of aromatic amines is 1. The van der Waals surface area contributed by atoms with Gasteiger partial charge in [-0.15, -0.1) is 0 Å². The summed E-state index contributed by atoms with van der Waals surface area (Å²) in [6.07, 6.45) is 4.21. The third-order valence-electron chi connectivity index (χ3n) is 3.28. The van der Waals surface area contributed by atoms with Crippen LogP contribution in [-0.4, -0.2) is 18.4 Å². The van der Waals surface area contributed by atoms with Gasteiger partial charge in [-0.1, -0.05) is 23.7 Å². The van der Waals surface area contributed by atoms with Gasteiger partial charge in [-0.05, 0) is 30.0 Å². The highest BCUT2D eigenvalue weighted by Crippen LogP contribution is 2.41. The summed E-state index contributed by atoms with van der Waals surface area (Å²) in [6.45, 7) is 0. The predicted octanol–water partition coefficient (Wildman–Crippen LogP) is 2.52. The van der Waals surface area contributed by atoms with Crippen molar-refractivity contribution in [1.29, 1.82) is 0 Å². The SMILES string of the molecule is O=S(=O)(c1ncc[nH]1)C1CCc2c(Cl)cccc21. The summed E-state index contributed by atoms with van der Waals surface area (Å²) in [4.78, 5) is 6.52. The van der Waals surface area contributed by atoms with E-state index < -0.39 is 15.1 Å². The van der Waals surface area contributed by atoms with Crippen molar-refractivity contribution in [2.24, 2.45) is 0 Å². The molecule has 2 aromatic rings. The smallest absolute Gasteiger partial charge is 0.225 e. The number of imidazole rings is 1. The predicted molar refractivity (Wildman–Crippen MR) is 68.3 cm³/mol. The van der Waals surface area contributed by atoms with E-state index in [9.17, 15) is 8.42 Å². The van der Waals surface area contributed by atoms with E-state index in [1.807, 2.05) is 6.07 Å². The zero-order valence-corrected chi connectivity index (χ0v) is 11.0. The lowest BCUT2D eigenvalue weighted by Crippen LogP contribution is -2.12. The van der Waals surface area contributed by atoms with Crippen LogP contribution in [-0.2, 0) is 16.3 Å². The van der Waals surface area contributed by atoms with Crippen LogP contribution in [0.15, 0.2) is 35.7 Å². The highest BCUT2D eigenvalue weighted by molar-refractivity contribution is 7.91. The molecule has 18 heavy (non-hydrogen) atoms. The van der Waals surface area contributed by atoms with Gasteiger partial charge in [0.15, 0.2) is 0 Å². The maximum atomic E-state index is 12.4. The fraction of sp³-hybridized carbons (Fsp3) is 0.250. The van der Waals surface area contributed by atoms with E-state index >= 15 is 0 Å². The van der Waals surface area contributed by atoms with Crippen molar-refractivity contribution in [3.63, 3.8) is 0 Å². The average Bonchev–Trinajstić information content (AvgIpc) is 2.99. The molecule has 6 heteroatoms. The summed E-state index contributed by atoms with van der Waals surface area (Å²) in [7, 11) is -3.45. The van der Waals surface area contributed by atoms with Gasteiger partial charge in [0.1, 0.15) is 0 Å². The molecule has 0 saturated carbocycles. The largest absolute Gasteiger partial charge is 0.336 e. The minimum absolute atomic E-state index is 0.0281. The molecule has 1 atom stereocenters. The second-order valence-corrected chi connectivity index (χ2v) is 6.73. The maximum absolute atomic E-state index is 12.4. The number of rotatable bonds is 2. The summed E-state index contributed by atoms with van der Waals surface area (Å²) in [5, 5.41) is 0.127. The molecule has 1 heterocycles. The second-order valence-electron chi connectivity index (χ2n) is 4.27. The topological polar surface area (TPSA) is 62.8 Å². The standard InChI is InChI=1S/C12H11ClN2O2S/c13-10-3-1-2-9-8(10)4-5-11(9)18(16,17)12-14-6-7-15-12/h1-3,6-7,11H,4-5H2,(H,14,15). The summed E-state index contributed by atoms with van der Waals surface area (Å²) in [5.74, 6) is 0. The second kappa shape index (κ2) is 4.10. The molecular weight excluding hydrogens is 272 g/mol. The number of hydrogen-bond acceptors (Lipinski definition) is 3. The lowest BCUT2D eigenvalue weighted by atomic mass is 10.1. The van der Waals surface area contributed by atoms with Crippen molar-refractivity contribution < 1.29 is 8.42 Å². The normalized spacial score (nSPS) is 18.8. The first kappa shape index (κ1) is 11.7. The minimum atomic E-state index is -3.45. The third-order valence-corrected chi connectivity index (χ3v) is 5.63. The summed E-state index contributed by atoms with van der Waals surface area (Å²) in [6, 6.07) is 5.42. The van der Waals surface area contributed by atoms with Crippen LogP contribution in [0, 0.1) is 0 Å². The molecule has 4 nitrogen and oxygen atoms in total. The van der Waals surface area contributed by atoms with Crippen molar-refractivity contribution in [2.75, 3.05) is 0 Å². The first-order chi connectivity index (χ1) is 8.60. The van der Waals surface area contributed by atoms with Crippen molar-refractivity contribution in [2.45, 2.75) is 23.2 Å². The molecule has 0 aliphatic heterocycles. The van der Waals surface area contributed by atoms with Crippen LogP contribution in [0.25, 0.3) is 0 Å². The van der Waals surface area contributed by atoms with Gasteiger partial charge in [-0.2, -0.15) is 0 Å². The van der Waals surface area contributed by atoms with E-state index in [0.29, 0.717) is 17.9 Å². The summed E-state index contributed by atoms with van der Waals surface area (Å²) >= 11 is 6.09. The van der Waals surface area contributed by atoms with E-state index in [2.05, 4.69) is 9.97 Å². The van der Waals surface area contributed by atoms with Gasteiger partial charge in [0.05, 0.1) is 5.25 Å². The van der Waals surface area contributed by atoms with E-state index in [1.54, 1.807) is 12.1 Å².